The number of carbonyl (C=O) groups is 2. The smallest absolute Gasteiger partial charge is 0.343 e. The van der Waals surface area contributed by atoms with E-state index in [0.29, 0.717) is 45.6 Å². The first-order valence-electron chi connectivity index (χ1n) is 15.8. The summed E-state index contributed by atoms with van der Waals surface area (Å²) in [4.78, 5) is 33.9. The maximum Gasteiger partial charge on any atom is 0.343 e. The van der Waals surface area contributed by atoms with Crippen LogP contribution in [0.1, 0.15) is 31.8 Å². The lowest BCUT2D eigenvalue weighted by Crippen LogP contribution is -2.08. The molecule has 0 amide bonds. The Morgan fingerprint density at radius 2 is 0.725 bits per heavy atom. The number of aliphatic imine (C=N–C) groups is 2. The summed E-state index contributed by atoms with van der Waals surface area (Å²) in [5.41, 5.74) is 4.08. The summed E-state index contributed by atoms with van der Waals surface area (Å²) in [6, 6.07) is 42.5. The largest absolute Gasteiger partial charge is 0.497 e. The molecule has 0 spiro atoms. The average Bonchev–Trinajstić information content (AvgIpc) is 3.18. The monoisotopic (exact) mass is 676 g/mol. The van der Waals surface area contributed by atoms with Crippen molar-refractivity contribution in [1.29, 1.82) is 0 Å². The molecule has 6 aromatic rings. The van der Waals surface area contributed by atoms with Crippen molar-refractivity contribution in [3.05, 3.63) is 168 Å². The van der Waals surface area contributed by atoms with Crippen molar-refractivity contribution in [3.63, 3.8) is 0 Å². The van der Waals surface area contributed by atoms with Gasteiger partial charge in [-0.25, -0.2) is 9.59 Å². The van der Waals surface area contributed by atoms with Gasteiger partial charge in [0.25, 0.3) is 0 Å². The maximum atomic E-state index is 12.4. The molecule has 0 saturated heterocycles. The number of rotatable bonds is 12. The number of nitrogens with zero attached hydrogens (tertiary/aromatic N) is 2. The molecule has 0 radical (unpaired) electrons. The zero-order valence-electron chi connectivity index (χ0n) is 27.8. The quantitative estimate of drug-likeness (QED) is 0.0722. The van der Waals surface area contributed by atoms with Gasteiger partial charge < -0.3 is 23.7 Å². The normalized spacial score (nSPS) is 10.9. The molecule has 252 valence electrons. The molecule has 6 rings (SSSR count). The molecule has 0 heterocycles. The van der Waals surface area contributed by atoms with Crippen LogP contribution < -0.4 is 23.7 Å². The molecule has 0 aliphatic rings. The van der Waals surface area contributed by atoms with Crippen LogP contribution in [0.25, 0.3) is 0 Å². The highest BCUT2D eigenvalue weighted by Gasteiger charge is 2.10. The van der Waals surface area contributed by atoms with Crippen molar-refractivity contribution in [3.8, 4) is 34.5 Å². The highest BCUT2D eigenvalue weighted by atomic mass is 16.5. The van der Waals surface area contributed by atoms with Crippen molar-refractivity contribution in [2.75, 3.05) is 14.2 Å². The topological polar surface area (TPSA) is 105 Å². The van der Waals surface area contributed by atoms with Crippen LogP contribution in [0.2, 0.25) is 0 Å². The number of carbonyl (C=O) groups excluding carboxylic acids is 2. The molecule has 0 N–H and O–H groups in total. The van der Waals surface area contributed by atoms with Gasteiger partial charge in [0.15, 0.2) is 0 Å². The van der Waals surface area contributed by atoms with E-state index in [-0.39, 0.29) is 0 Å². The van der Waals surface area contributed by atoms with Crippen LogP contribution in [-0.4, -0.2) is 38.6 Å². The zero-order chi connectivity index (χ0) is 35.4. The van der Waals surface area contributed by atoms with E-state index in [9.17, 15) is 9.59 Å². The predicted molar refractivity (Wildman–Crippen MR) is 196 cm³/mol. The highest BCUT2D eigenvalue weighted by molar-refractivity contribution is 5.92. The van der Waals surface area contributed by atoms with Gasteiger partial charge in [-0.1, -0.05) is 0 Å². The third kappa shape index (κ3) is 9.55. The first-order chi connectivity index (χ1) is 24.9. The Balaban J connectivity index is 0.963. The summed E-state index contributed by atoms with van der Waals surface area (Å²) in [6.45, 7) is 0. The lowest BCUT2D eigenvalue weighted by Gasteiger charge is -2.06. The van der Waals surface area contributed by atoms with Crippen LogP contribution in [0.4, 0.5) is 11.4 Å². The maximum absolute atomic E-state index is 12.4. The third-order valence-electron chi connectivity index (χ3n) is 7.47. The summed E-state index contributed by atoms with van der Waals surface area (Å²) >= 11 is 0. The van der Waals surface area contributed by atoms with Gasteiger partial charge in [-0.15, -0.1) is 0 Å². The second-order valence-corrected chi connectivity index (χ2v) is 11.0. The van der Waals surface area contributed by atoms with Crippen LogP contribution in [0.3, 0.4) is 0 Å². The molecule has 0 saturated carbocycles. The van der Waals surface area contributed by atoms with E-state index < -0.39 is 11.9 Å². The summed E-state index contributed by atoms with van der Waals surface area (Å²) in [6.07, 6.45) is 3.47. The Hall–Kier alpha value is -7.00. The first kappa shape index (κ1) is 33.9. The van der Waals surface area contributed by atoms with Gasteiger partial charge in [0.05, 0.1) is 36.7 Å². The lowest BCUT2D eigenvalue weighted by molar-refractivity contribution is 0.0725. The number of hydrogen-bond acceptors (Lipinski definition) is 9. The Kier molecular flexibility index (Phi) is 10.9. The molecular weight excluding hydrogens is 644 g/mol. The van der Waals surface area contributed by atoms with Gasteiger partial charge in [-0.2, -0.15) is 0 Å². The Morgan fingerprint density at radius 1 is 0.412 bits per heavy atom. The van der Waals surface area contributed by atoms with Gasteiger partial charge in [-0.05, 0) is 157 Å². The van der Waals surface area contributed by atoms with E-state index in [1.54, 1.807) is 99.4 Å². The molecule has 0 aromatic heterocycles. The minimum atomic E-state index is -0.446. The highest BCUT2D eigenvalue weighted by Crippen LogP contribution is 2.26. The molecule has 0 aliphatic carbocycles. The van der Waals surface area contributed by atoms with Crippen LogP contribution >= 0.6 is 0 Å². The van der Waals surface area contributed by atoms with Crippen molar-refractivity contribution < 1.29 is 33.3 Å². The van der Waals surface area contributed by atoms with E-state index in [1.165, 1.54) is 0 Å². The van der Waals surface area contributed by atoms with Crippen molar-refractivity contribution in [1.82, 2.24) is 0 Å². The van der Waals surface area contributed by atoms with Gasteiger partial charge in [-0.3, -0.25) is 9.98 Å². The van der Waals surface area contributed by atoms with E-state index in [4.69, 9.17) is 23.7 Å². The Bertz CT molecular complexity index is 1970. The van der Waals surface area contributed by atoms with Crippen molar-refractivity contribution in [2.45, 2.75) is 0 Å². The summed E-state index contributed by atoms with van der Waals surface area (Å²) in [5, 5.41) is 0. The summed E-state index contributed by atoms with van der Waals surface area (Å²) < 4.78 is 27.2. The zero-order valence-corrected chi connectivity index (χ0v) is 27.8. The molecule has 9 nitrogen and oxygen atoms in total. The van der Waals surface area contributed by atoms with E-state index in [1.807, 2.05) is 72.8 Å². The fraction of sp³-hybridized carbons (Fsp3) is 0.0476. The number of hydrogen-bond donors (Lipinski definition) is 0. The second-order valence-electron chi connectivity index (χ2n) is 11.0. The van der Waals surface area contributed by atoms with Crippen LogP contribution in [0.5, 0.6) is 34.5 Å². The molecule has 51 heavy (non-hydrogen) atoms. The number of benzene rings is 6. The van der Waals surface area contributed by atoms with E-state index in [0.717, 1.165) is 22.5 Å². The molecule has 6 aromatic carbocycles. The van der Waals surface area contributed by atoms with Crippen LogP contribution in [0.15, 0.2) is 156 Å². The fourth-order valence-corrected chi connectivity index (χ4v) is 4.66. The van der Waals surface area contributed by atoms with Gasteiger partial charge in [0.1, 0.15) is 34.5 Å². The van der Waals surface area contributed by atoms with Crippen LogP contribution in [0, 0.1) is 0 Å². The third-order valence-corrected chi connectivity index (χ3v) is 7.47. The number of esters is 2. The minimum Gasteiger partial charge on any atom is -0.497 e. The van der Waals surface area contributed by atoms with Gasteiger partial charge >= 0.3 is 11.9 Å². The first-order valence-corrected chi connectivity index (χ1v) is 15.8. The summed E-state index contributed by atoms with van der Waals surface area (Å²) in [5.74, 6) is 2.65. The molecule has 9 heteroatoms. The average molecular weight is 677 g/mol. The van der Waals surface area contributed by atoms with Gasteiger partial charge in [0, 0.05) is 12.4 Å². The Labute approximate surface area is 295 Å². The van der Waals surface area contributed by atoms with E-state index >= 15 is 0 Å². The standard InChI is InChI=1S/C42H32N2O7/c1-47-35-19-7-31(8-20-35)41(45)50-39-15-3-29(4-16-39)27-43-33-11-23-37(24-12-33)49-38-25-13-34(14-26-38)44-28-30-5-17-40(18-6-30)51-42(46)32-9-21-36(48-2)22-10-32/h3-28H,1-2H3. The molecule has 0 unspecified atom stereocenters. The Morgan fingerprint density at radius 3 is 1.06 bits per heavy atom. The van der Waals surface area contributed by atoms with Crippen LogP contribution in [-0.2, 0) is 0 Å². The van der Waals surface area contributed by atoms with Gasteiger partial charge in [0.2, 0.25) is 0 Å². The minimum absolute atomic E-state index is 0.434. The predicted octanol–water partition coefficient (Wildman–Crippen LogP) is 9.44. The molecule has 0 atom stereocenters. The molecule has 0 fully saturated rings. The molecular formula is C42H32N2O7. The number of ether oxygens (including phenoxy) is 5. The van der Waals surface area contributed by atoms with E-state index in [2.05, 4.69) is 9.98 Å². The molecule has 0 bridgehead atoms. The fourth-order valence-electron chi connectivity index (χ4n) is 4.66. The van der Waals surface area contributed by atoms with Crippen molar-refractivity contribution >= 4 is 35.7 Å². The summed E-state index contributed by atoms with van der Waals surface area (Å²) in [7, 11) is 3.14. The number of methoxy groups -OCH3 is 2. The lowest BCUT2D eigenvalue weighted by atomic mass is 10.2. The second kappa shape index (κ2) is 16.4. The van der Waals surface area contributed by atoms with Crippen molar-refractivity contribution in [2.24, 2.45) is 9.98 Å². The molecule has 0 aliphatic heterocycles. The SMILES string of the molecule is COc1ccc(C(=O)Oc2ccc(C=Nc3ccc(Oc4ccc(N=Cc5ccc(OC(=O)c6ccc(OC)cc6)cc5)cc4)cc3)cc2)cc1.